The first-order valence-electron chi connectivity index (χ1n) is 21.3. The Labute approximate surface area is 359 Å². The molecule has 2 aromatic carbocycles. The molecule has 2 fully saturated rings. The van der Waals surface area contributed by atoms with E-state index < -0.39 is 42.7 Å². The number of ether oxygens (including phenoxy) is 2. The molecule has 4 aromatic rings. The van der Waals surface area contributed by atoms with Gasteiger partial charge in [0.1, 0.15) is 23.7 Å². The van der Waals surface area contributed by atoms with E-state index >= 15 is 8.78 Å². The van der Waals surface area contributed by atoms with Crippen molar-refractivity contribution < 1.29 is 37.4 Å². The lowest BCUT2D eigenvalue weighted by Crippen LogP contribution is -2.51. The Morgan fingerprint density at radius 2 is 1.47 bits per heavy atom. The van der Waals surface area contributed by atoms with E-state index in [9.17, 15) is 19.2 Å². The van der Waals surface area contributed by atoms with Crippen molar-refractivity contribution in [1.29, 1.82) is 0 Å². The molecule has 7 rings (SSSR count). The molecule has 0 saturated carbocycles. The van der Waals surface area contributed by atoms with Gasteiger partial charge in [-0.15, -0.1) is 0 Å². The quantitative estimate of drug-likeness (QED) is 0.123. The Kier molecular flexibility index (Phi) is 12.9. The van der Waals surface area contributed by atoms with Crippen LogP contribution in [0.2, 0.25) is 0 Å². The van der Waals surface area contributed by atoms with Crippen LogP contribution in [0.15, 0.2) is 60.8 Å². The molecule has 3 aliphatic rings. The molecule has 4 heterocycles. The van der Waals surface area contributed by atoms with Crippen LogP contribution in [-0.4, -0.2) is 99.1 Å². The third-order valence-corrected chi connectivity index (χ3v) is 12.3. The number of amides is 4. The number of nitrogens with zero attached hydrogens (tertiary/aromatic N) is 4. The summed E-state index contributed by atoms with van der Waals surface area (Å²) in [5.74, 6) is -2.62. The number of alkyl carbamates (subject to hydrolysis) is 2. The first kappa shape index (κ1) is 44.0. The lowest BCUT2D eigenvalue weighted by atomic mass is 9.95. The van der Waals surface area contributed by atoms with E-state index in [-0.39, 0.29) is 48.1 Å². The highest BCUT2D eigenvalue weighted by atomic mass is 19.3. The zero-order valence-corrected chi connectivity index (χ0v) is 36.1. The average molecular weight is 855 g/mol. The number of halogens is 2. The summed E-state index contributed by atoms with van der Waals surface area (Å²) in [5.41, 5.74) is 4.36. The molecule has 1 aliphatic carbocycles. The van der Waals surface area contributed by atoms with Gasteiger partial charge in [-0.05, 0) is 78.2 Å². The molecule has 62 heavy (non-hydrogen) atoms. The average Bonchev–Trinajstić information content (AvgIpc) is 4.08. The topological polar surface area (TPSA) is 175 Å². The number of H-pyrrole nitrogens is 2. The summed E-state index contributed by atoms with van der Waals surface area (Å²) in [6, 6.07) is 7.54. The molecule has 0 bridgehead atoms. The Morgan fingerprint density at radius 3 is 2.06 bits per heavy atom. The second-order valence-corrected chi connectivity index (χ2v) is 17.2. The third kappa shape index (κ3) is 9.09. The minimum absolute atomic E-state index is 0.129. The standard InChI is InChI=1S/C46H56F2N8O6/c1-25(2)37(53-44(59)61-6)42(57)55-20-8-10-35(55)40-49-24-34(51-40)31-15-12-28(18-19-46(47,48)23-27(31)5)29-13-16-32-30(22-29)14-17-33-39(32)52-41(50-33)36-11-9-21-56(36)43(58)38(26(3)4)54-45(60)62-7/h12-17,22,24-26,35-38H,5,8-11,18-21,23H2,1-4,6-7H3,(H,49,51)(H,50,52)(H,53,59)(H,54,60)/b28-12+,31-15+/t35-,36-,37+,38-/m0/s1. The van der Waals surface area contributed by atoms with Gasteiger partial charge in [0.2, 0.25) is 11.8 Å². The van der Waals surface area contributed by atoms with Crippen molar-refractivity contribution in [2.75, 3.05) is 27.3 Å². The highest BCUT2D eigenvalue weighted by Gasteiger charge is 2.40. The zero-order chi connectivity index (χ0) is 44.5. The maximum absolute atomic E-state index is 15.6. The van der Waals surface area contributed by atoms with Gasteiger partial charge in [-0.2, -0.15) is 0 Å². The van der Waals surface area contributed by atoms with Crippen molar-refractivity contribution in [2.24, 2.45) is 11.8 Å². The monoisotopic (exact) mass is 854 g/mol. The van der Waals surface area contributed by atoms with Gasteiger partial charge in [0.25, 0.3) is 5.92 Å². The number of benzene rings is 2. The highest BCUT2D eigenvalue weighted by Crippen LogP contribution is 2.40. The second-order valence-electron chi connectivity index (χ2n) is 17.2. The van der Waals surface area contributed by atoms with E-state index in [0.29, 0.717) is 48.8 Å². The molecule has 0 spiro atoms. The van der Waals surface area contributed by atoms with E-state index in [1.807, 2.05) is 70.2 Å². The number of aromatic amines is 2. The molecule has 14 nitrogen and oxygen atoms in total. The number of imidazole rings is 2. The summed E-state index contributed by atoms with van der Waals surface area (Å²) in [7, 11) is 2.52. The SMILES string of the molecule is C=C1CC(F)(F)CC/C(c2ccc3c(ccc4nc([C@@H]5CCCN5C(=O)[C@@H](NC(=O)OC)C(C)C)[nH]c43)c2)=C\C=C/1c1cnc([C@@H]2CCCN2C(=O)[C@H](NC(=O)OC)C(C)C)[nH]1. The molecular formula is C46H56F2N8O6. The molecule has 4 atom stereocenters. The first-order valence-corrected chi connectivity index (χ1v) is 21.3. The highest BCUT2D eigenvalue weighted by molar-refractivity contribution is 6.05. The van der Waals surface area contributed by atoms with Gasteiger partial charge in [-0.25, -0.2) is 28.3 Å². The number of fused-ring (bicyclic) bond motifs is 3. The lowest BCUT2D eigenvalue weighted by molar-refractivity contribution is -0.136. The fourth-order valence-electron chi connectivity index (χ4n) is 8.93. The largest absolute Gasteiger partial charge is 0.453 e. The van der Waals surface area contributed by atoms with Crippen LogP contribution < -0.4 is 10.6 Å². The fraction of sp³-hybridized carbons (Fsp3) is 0.478. The number of carbonyl (C=O) groups excluding carboxylic acids is 4. The molecule has 0 unspecified atom stereocenters. The smallest absolute Gasteiger partial charge is 0.407 e. The number of hydrogen-bond donors (Lipinski definition) is 4. The van der Waals surface area contributed by atoms with E-state index in [2.05, 4.69) is 32.2 Å². The van der Waals surface area contributed by atoms with Gasteiger partial charge in [0, 0.05) is 36.9 Å². The van der Waals surface area contributed by atoms with Gasteiger partial charge < -0.3 is 39.9 Å². The molecule has 2 saturated heterocycles. The number of methoxy groups -OCH3 is 2. The normalized spacial score (nSPS) is 22.1. The summed E-state index contributed by atoms with van der Waals surface area (Å²) in [4.78, 5) is 71.5. The van der Waals surface area contributed by atoms with Crippen LogP contribution in [0.4, 0.5) is 18.4 Å². The number of nitrogens with one attached hydrogen (secondary N) is 4. The Balaban J connectivity index is 1.16. The Hall–Kier alpha value is -6.06. The summed E-state index contributed by atoms with van der Waals surface area (Å²) in [6.45, 7) is 12.6. The predicted molar refractivity (Wildman–Crippen MR) is 232 cm³/mol. The van der Waals surface area contributed by atoms with Crippen molar-refractivity contribution in [3.63, 3.8) is 0 Å². The molecule has 4 N–H and O–H groups in total. The van der Waals surface area contributed by atoms with E-state index in [0.717, 1.165) is 45.8 Å². The predicted octanol–water partition coefficient (Wildman–Crippen LogP) is 8.37. The summed E-state index contributed by atoms with van der Waals surface area (Å²) >= 11 is 0. The molecule has 2 aromatic heterocycles. The van der Waals surface area contributed by atoms with E-state index in [1.165, 1.54) is 14.2 Å². The van der Waals surface area contributed by atoms with Crippen molar-refractivity contribution in [1.82, 2.24) is 40.4 Å². The maximum Gasteiger partial charge on any atom is 0.407 e. The van der Waals surface area contributed by atoms with Gasteiger partial charge in [-0.3, -0.25) is 9.59 Å². The van der Waals surface area contributed by atoms with Crippen LogP contribution in [0, 0.1) is 11.8 Å². The minimum atomic E-state index is -3.02. The van der Waals surface area contributed by atoms with Crippen molar-refractivity contribution >= 4 is 57.0 Å². The van der Waals surface area contributed by atoms with Crippen molar-refractivity contribution in [2.45, 2.75) is 103 Å². The molecule has 0 radical (unpaired) electrons. The minimum Gasteiger partial charge on any atom is -0.453 e. The summed E-state index contributed by atoms with van der Waals surface area (Å²) in [6.07, 6.45) is 6.06. The van der Waals surface area contributed by atoms with Crippen LogP contribution in [-0.2, 0) is 19.1 Å². The van der Waals surface area contributed by atoms with Crippen LogP contribution in [0.1, 0.15) is 108 Å². The number of carbonyl (C=O) groups is 4. The first-order chi connectivity index (χ1) is 29.6. The number of aromatic nitrogens is 4. The molecule has 330 valence electrons. The van der Waals surface area contributed by atoms with Gasteiger partial charge in [0.05, 0.1) is 49.2 Å². The Bertz CT molecular complexity index is 2430. The van der Waals surface area contributed by atoms with Crippen LogP contribution in [0.25, 0.3) is 33.0 Å². The fourth-order valence-corrected chi connectivity index (χ4v) is 8.93. The zero-order valence-electron chi connectivity index (χ0n) is 36.1. The van der Waals surface area contributed by atoms with E-state index in [1.54, 1.807) is 16.0 Å². The summed E-state index contributed by atoms with van der Waals surface area (Å²) in [5, 5.41) is 7.14. The van der Waals surface area contributed by atoms with Crippen LogP contribution in [0.3, 0.4) is 0 Å². The summed E-state index contributed by atoms with van der Waals surface area (Å²) < 4.78 is 40.8. The second kappa shape index (κ2) is 18.1. The van der Waals surface area contributed by atoms with Crippen LogP contribution >= 0.6 is 0 Å². The third-order valence-electron chi connectivity index (χ3n) is 12.3. The number of allylic oxidation sites excluding steroid dienone is 5. The maximum atomic E-state index is 15.6. The Morgan fingerprint density at radius 1 is 0.855 bits per heavy atom. The van der Waals surface area contributed by atoms with Crippen LogP contribution in [0.5, 0.6) is 0 Å². The van der Waals surface area contributed by atoms with Gasteiger partial charge >= 0.3 is 12.2 Å². The van der Waals surface area contributed by atoms with Gasteiger partial charge in [0.15, 0.2) is 0 Å². The van der Waals surface area contributed by atoms with Crippen molar-refractivity contribution in [3.8, 4) is 0 Å². The lowest BCUT2D eigenvalue weighted by Gasteiger charge is -2.30. The number of rotatable bonds is 10. The van der Waals surface area contributed by atoms with Crippen molar-refractivity contribution in [3.05, 3.63) is 83.7 Å². The molecule has 2 aliphatic heterocycles. The van der Waals surface area contributed by atoms with Gasteiger partial charge in [-0.1, -0.05) is 64.6 Å². The number of alkyl halides is 2. The molecular weight excluding hydrogens is 799 g/mol. The molecule has 16 heteroatoms. The molecule has 4 amide bonds. The number of hydrogen-bond acceptors (Lipinski definition) is 8. The van der Waals surface area contributed by atoms with E-state index in [4.69, 9.17) is 14.5 Å². The number of likely N-dealkylation sites (tertiary alicyclic amines) is 2.